The second-order valence-electron chi connectivity index (χ2n) is 6.18. The Bertz CT molecular complexity index is 705. The Balaban J connectivity index is 0.00000261. The third-order valence-electron chi connectivity index (χ3n) is 4.04. The van der Waals surface area contributed by atoms with Crippen molar-refractivity contribution in [1.29, 1.82) is 0 Å². The van der Waals surface area contributed by atoms with E-state index in [1.165, 1.54) is 0 Å². The normalized spacial score (nSPS) is 13.4. The van der Waals surface area contributed by atoms with Crippen LogP contribution in [0.15, 0.2) is 46.0 Å². The molecule has 0 saturated heterocycles. The van der Waals surface area contributed by atoms with Gasteiger partial charge in [0.05, 0.1) is 19.5 Å². The summed E-state index contributed by atoms with van der Waals surface area (Å²) in [6.45, 7) is 5.07. The fourth-order valence-electron chi connectivity index (χ4n) is 2.63. The number of aliphatic imine (C=N–C) groups is 1. The summed E-state index contributed by atoms with van der Waals surface area (Å²) in [6, 6.07) is 9.77. The number of rotatable bonds is 7. The second-order valence-corrected chi connectivity index (χ2v) is 6.18. The quantitative estimate of drug-likeness (QED) is 0.263. The summed E-state index contributed by atoms with van der Waals surface area (Å²) in [5.74, 6) is 3.29. The van der Waals surface area contributed by atoms with Gasteiger partial charge in [0.25, 0.3) is 0 Å². The first kappa shape index (κ1) is 21.4. The van der Waals surface area contributed by atoms with Crippen molar-refractivity contribution in [3.05, 3.63) is 42.4 Å². The van der Waals surface area contributed by atoms with Gasteiger partial charge in [0.15, 0.2) is 17.5 Å². The molecule has 2 aromatic rings. The van der Waals surface area contributed by atoms with Crippen LogP contribution in [0.3, 0.4) is 0 Å². The standard InChI is InChI=1S/C20H27N3O3.HI/c1-2-3-10-21-20(22-11-9-17-6-4-12-24-17)23-16-7-8-18-19(15-16)26-14-5-13-25-18;/h4,6-8,12,15H,2-3,5,9-11,13-14H2,1H3,(H2,21,22,23);1H. The van der Waals surface area contributed by atoms with Crippen molar-refractivity contribution in [2.45, 2.75) is 32.6 Å². The molecule has 3 rings (SSSR count). The van der Waals surface area contributed by atoms with E-state index in [2.05, 4.69) is 22.5 Å². The number of unbranched alkanes of at least 4 members (excludes halogenated alkanes) is 1. The number of nitrogens with zero attached hydrogens (tertiary/aromatic N) is 1. The molecule has 0 radical (unpaired) electrons. The van der Waals surface area contributed by atoms with E-state index in [1.807, 2.05) is 30.3 Å². The van der Waals surface area contributed by atoms with Gasteiger partial charge < -0.3 is 24.5 Å². The van der Waals surface area contributed by atoms with Crippen LogP contribution in [0, 0.1) is 0 Å². The molecule has 0 unspecified atom stereocenters. The fourth-order valence-corrected chi connectivity index (χ4v) is 2.63. The third kappa shape index (κ3) is 6.97. The van der Waals surface area contributed by atoms with E-state index < -0.39 is 0 Å². The summed E-state index contributed by atoms with van der Waals surface area (Å²) in [5, 5.41) is 6.73. The van der Waals surface area contributed by atoms with E-state index in [9.17, 15) is 0 Å². The summed E-state index contributed by atoms with van der Waals surface area (Å²) in [6.07, 6.45) is 5.58. The van der Waals surface area contributed by atoms with E-state index >= 15 is 0 Å². The first-order valence-corrected chi connectivity index (χ1v) is 9.32. The minimum Gasteiger partial charge on any atom is -0.490 e. The van der Waals surface area contributed by atoms with Gasteiger partial charge in [0.1, 0.15) is 5.76 Å². The number of benzene rings is 1. The molecule has 148 valence electrons. The maximum Gasteiger partial charge on any atom is 0.195 e. The molecule has 1 aliphatic rings. The van der Waals surface area contributed by atoms with Gasteiger partial charge in [-0.15, -0.1) is 24.0 Å². The zero-order chi connectivity index (χ0) is 18.0. The van der Waals surface area contributed by atoms with Crippen molar-refractivity contribution in [1.82, 2.24) is 5.32 Å². The SMILES string of the molecule is CCCCN=C(NCCc1ccco1)Nc1ccc2c(c1)OCCCO2.I. The van der Waals surface area contributed by atoms with Crippen LogP contribution >= 0.6 is 24.0 Å². The summed E-state index contributed by atoms with van der Waals surface area (Å²) >= 11 is 0. The first-order valence-electron chi connectivity index (χ1n) is 9.32. The Kier molecular flexibility index (Phi) is 9.30. The average Bonchev–Trinajstić information content (AvgIpc) is 3.05. The average molecular weight is 485 g/mol. The van der Waals surface area contributed by atoms with Crippen molar-refractivity contribution in [2.75, 3.05) is 31.6 Å². The Labute approximate surface area is 177 Å². The van der Waals surface area contributed by atoms with E-state index in [4.69, 9.17) is 13.9 Å². The minimum absolute atomic E-state index is 0. The molecule has 0 fully saturated rings. The molecule has 0 aliphatic carbocycles. The predicted molar refractivity (Wildman–Crippen MR) is 119 cm³/mol. The molecule has 0 spiro atoms. The third-order valence-corrected chi connectivity index (χ3v) is 4.04. The number of anilines is 1. The lowest BCUT2D eigenvalue weighted by Gasteiger charge is -2.14. The Morgan fingerprint density at radius 1 is 1.15 bits per heavy atom. The minimum atomic E-state index is 0. The molecule has 1 aromatic heterocycles. The predicted octanol–water partition coefficient (Wildman–Crippen LogP) is 4.46. The lowest BCUT2D eigenvalue weighted by Crippen LogP contribution is -2.32. The number of halogens is 1. The number of hydrogen-bond acceptors (Lipinski definition) is 4. The highest BCUT2D eigenvalue weighted by Crippen LogP contribution is 2.32. The largest absolute Gasteiger partial charge is 0.490 e. The number of guanidine groups is 1. The van der Waals surface area contributed by atoms with Gasteiger partial charge in [-0.1, -0.05) is 13.3 Å². The number of fused-ring (bicyclic) bond motifs is 1. The van der Waals surface area contributed by atoms with E-state index in [0.29, 0.717) is 13.2 Å². The highest BCUT2D eigenvalue weighted by molar-refractivity contribution is 14.0. The molecule has 1 aromatic carbocycles. The number of nitrogens with one attached hydrogen (secondary N) is 2. The maximum atomic E-state index is 5.76. The summed E-state index contributed by atoms with van der Waals surface area (Å²) in [4.78, 5) is 4.65. The zero-order valence-corrected chi connectivity index (χ0v) is 18.0. The van der Waals surface area contributed by atoms with E-state index in [0.717, 1.165) is 67.7 Å². The monoisotopic (exact) mass is 485 g/mol. The molecular weight excluding hydrogens is 457 g/mol. The molecule has 27 heavy (non-hydrogen) atoms. The zero-order valence-electron chi connectivity index (χ0n) is 15.7. The number of ether oxygens (including phenoxy) is 2. The van der Waals surface area contributed by atoms with Crippen LogP contribution in [0.5, 0.6) is 11.5 Å². The lowest BCUT2D eigenvalue weighted by atomic mass is 10.2. The van der Waals surface area contributed by atoms with Crippen LogP contribution < -0.4 is 20.1 Å². The maximum absolute atomic E-state index is 5.76. The van der Waals surface area contributed by atoms with Crippen molar-refractivity contribution >= 4 is 35.6 Å². The first-order chi connectivity index (χ1) is 12.8. The highest BCUT2D eigenvalue weighted by Gasteiger charge is 2.11. The smallest absolute Gasteiger partial charge is 0.195 e. The van der Waals surface area contributed by atoms with Gasteiger partial charge in [-0.3, -0.25) is 4.99 Å². The van der Waals surface area contributed by atoms with Crippen LogP contribution in [0.25, 0.3) is 0 Å². The Morgan fingerprint density at radius 3 is 2.78 bits per heavy atom. The second kappa shape index (κ2) is 11.7. The summed E-state index contributed by atoms with van der Waals surface area (Å²) in [7, 11) is 0. The molecule has 0 amide bonds. The highest BCUT2D eigenvalue weighted by atomic mass is 127. The van der Waals surface area contributed by atoms with Gasteiger partial charge in [0.2, 0.25) is 0 Å². The van der Waals surface area contributed by atoms with Gasteiger partial charge in [-0.05, 0) is 30.7 Å². The molecular formula is C20H28IN3O3. The van der Waals surface area contributed by atoms with Crippen LogP contribution in [0.2, 0.25) is 0 Å². The molecule has 1 aliphatic heterocycles. The van der Waals surface area contributed by atoms with Crippen LogP contribution in [0.1, 0.15) is 31.9 Å². The van der Waals surface area contributed by atoms with Crippen LogP contribution in [0.4, 0.5) is 5.69 Å². The molecule has 2 N–H and O–H groups in total. The molecule has 7 heteroatoms. The van der Waals surface area contributed by atoms with Gasteiger partial charge in [0, 0.05) is 37.7 Å². The molecule has 2 heterocycles. The van der Waals surface area contributed by atoms with Gasteiger partial charge in [-0.25, -0.2) is 0 Å². The van der Waals surface area contributed by atoms with Crippen molar-refractivity contribution in [3.8, 4) is 11.5 Å². The topological polar surface area (TPSA) is 68.0 Å². The van der Waals surface area contributed by atoms with Gasteiger partial charge in [-0.2, -0.15) is 0 Å². The van der Waals surface area contributed by atoms with Gasteiger partial charge >= 0.3 is 0 Å². The Morgan fingerprint density at radius 2 is 2.00 bits per heavy atom. The number of furan rings is 1. The fraction of sp³-hybridized carbons (Fsp3) is 0.450. The van der Waals surface area contributed by atoms with E-state index in [1.54, 1.807) is 6.26 Å². The molecule has 0 atom stereocenters. The summed E-state index contributed by atoms with van der Waals surface area (Å²) < 4.78 is 16.8. The molecule has 0 bridgehead atoms. The lowest BCUT2D eigenvalue weighted by molar-refractivity contribution is 0.297. The summed E-state index contributed by atoms with van der Waals surface area (Å²) in [5.41, 5.74) is 0.926. The Hall–Kier alpha value is -1.90. The van der Waals surface area contributed by atoms with Crippen molar-refractivity contribution < 1.29 is 13.9 Å². The number of hydrogen-bond donors (Lipinski definition) is 2. The molecule has 6 nitrogen and oxygen atoms in total. The van der Waals surface area contributed by atoms with Crippen LogP contribution in [-0.4, -0.2) is 32.3 Å². The van der Waals surface area contributed by atoms with E-state index in [-0.39, 0.29) is 24.0 Å². The molecule has 0 saturated carbocycles. The van der Waals surface area contributed by atoms with Crippen molar-refractivity contribution in [3.63, 3.8) is 0 Å². The van der Waals surface area contributed by atoms with Crippen LogP contribution in [-0.2, 0) is 6.42 Å². The van der Waals surface area contributed by atoms with Crippen molar-refractivity contribution in [2.24, 2.45) is 4.99 Å².